The molecule has 2 aromatic rings. The SMILES string of the molecule is CC1=[N+](CCOCCC(=O)Oc2ccccc2)c2ccccc2C1(C)C.[Cl-]. The zero-order chi connectivity index (χ0) is 18.6. The Morgan fingerprint density at radius 3 is 2.41 bits per heavy atom. The third-order valence-electron chi connectivity index (χ3n) is 5.06. The van der Waals surface area contributed by atoms with Crippen molar-refractivity contribution in [3.63, 3.8) is 0 Å². The molecule has 0 spiro atoms. The number of benzene rings is 2. The Balaban J connectivity index is 0.00000261. The Labute approximate surface area is 167 Å². The highest BCUT2D eigenvalue weighted by molar-refractivity contribution is 5.93. The van der Waals surface area contributed by atoms with Crippen LogP contribution in [0.5, 0.6) is 5.75 Å². The summed E-state index contributed by atoms with van der Waals surface area (Å²) in [5.74, 6) is 0.297. The first-order valence-corrected chi connectivity index (χ1v) is 9.04. The highest BCUT2D eigenvalue weighted by atomic mass is 35.5. The summed E-state index contributed by atoms with van der Waals surface area (Å²) in [7, 11) is 0. The maximum atomic E-state index is 11.8. The lowest BCUT2D eigenvalue weighted by atomic mass is 9.82. The van der Waals surface area contributed by atoms with Gasteiger partial charge in [-0.3, -0.25) is 4.79 Å². The average Bonchev–Trinajstić information content (AvgIpc) is 2.83. The van der Waals surface area contributed by atoms with Crippen molar-refractivity contribution in [1.82, 2.24) is 0 Å². The van der Waals surface area contributed by atoms with Crippen molar-refractivity contribution in [2.24, 2.45) is 0 Å². The third kappa shape index (κ3) is 4.76. The molecule has 0 N–H and O–H groups in total. The predicted molar refractivity (Wildman–Crippen MR) is 102 cm³/mol. The second-order valence-electron chi connectivity index (χ2n) is 7.03. The summed E-state index contributed by atoms with van der Waals surface area (Å²) in [4.78, 5) is 11.8. The quantitative estimate of drug-likeness (QED) is 0.309. The number of halogens is 1. The van der Waals surface area contributed by atoms with Crippen LogP contribution in [0.3, 0.4) is 0 Å². The summed E-state index contributed by atoms with van der Waals surface area (Å²) in [6, 6.07) is 17.6. The van der Waals surface area contributed by atoms with Gasteiger partial charge >= 0.3 is 5.97 Å². The van der Waals surface area contributed by atoms with E-state index in [-0.39, 0.29) is 30.2 Å². The summed E-state index contributed by atoms with van der Waals surface area (Å²) >= 11 is 0. The van der Waals surface area contributed by atoms with Crippen LogP contribution in [0.2, 0.25) is 0 Å². The van der Waals surface area contributed by atoms with Gasteiger partial charge in [0.05, 0.1) is 18.4 Å². The van der Waals surface area contributed by atoms with Crippen LogP contribution < -0.4 is 17.1 Å². The number of nitrogens with zero attached hydrogens (tertiary/aromatic N) is 1. The zero-order valence-corrected chi connectivity index (χ0v) is 16.8. The molecule has 4 nitrogen and oxygen atoms in total. The average molecular weight is 388 g/mol. The number of fused-ring (bicyclic) bond motifs is 1. The molecule has 0 bridgehead atoms. The minimum Gasteiger partial charge on any atom is -1.00 e. The van der Waals surface area contributed by atoms with Gasteiger partial charge in [-0.2, -0.15) is 4.58 Å². The highest BCUT2D eigenvalue weighted by Crippen LogP contribution is 2.38. The van der Waals surface area contributed by atoms with E-state index in [4.69, 9.17) is 9.47 Å². The molecule has 2 aromatic carbocycles. The van der Waals surface area contributed by atoms with Crippen LogP contribution in [-0.2, 0) is 14.9 Å². The van der Waals surface area contributed by atoms with E-state index in [2.05, 4.69) is 49.6 Å². The molecule has 0 atom stereocenters. The molecule has 0 aliphatic carbocycles. The molecule has 144 valence electrons. The number of para-hydroxylation sites is 2. The van der Waals surface area contributed by atoms with Gasteiger partial charge in [0, 0.05) is 18.6 Å². The van der Waals surface area contributed by atoms with E-state index in [9.17, 15) is 4.79 Å². The Morgan fingerprint density at radius 2 is 1.67 bits per heavy atom. The summed E-state index contributed by atoms with van der Waals surface area (Å²) in [6.07, 6.45) is 0.250. The van der Waals surface area contributed by atoms with Crippen molar-refractivity contribution < 1.29 is 31.3 Å². The first kappa shape index (κ1) is 21.1. The van der Waals surface area contributed by atoms with Crippen LogP contribution in [0.1, 0.15) is 32.8 Å². The lowest BCUT2D eigenvalue weighted by Gasteiger charge is -2.14. The normalized spacial score (nSPS) is 14.5. The molecule has 0 unspecified atom stereocenters. The van der Waals surface area contributed by atoms with Crippen molar-refractivity contribution in [2.45, 2.75) is 32.6 Å². The molecule has 1 heterocycles. The molecule has 0 saturated heterocycles. The first-order valence-electron chi connectivity index (χ1n) is 9.04. The van der Waals surface area contributed by atoms with E-state index in [1.807, 2.05) is 18.2 Å². The van der Waals surface area contributed by atoms with Crippen LogP contribution in [0.15, 0.2) is 54.6 Å². The van der Waals surface area contributed by atoms with Gasteiger partial charge in [0.1, 0.15) is 12.4 Å². The Kier molecular flexibility index (Phi) is 7.17. The van der Waals surface area contributed by atoms with Gasteiger partial charge in [0.25, 0.3) is 0 Å². The van der Waals surface area contributed by atoms with Crippen molar-refractivity contribution in [1.29, 1.82) is 0 Å². The van der Waals surface area contributed by atoms with Crippen molar-refractivity contribution in [2.75, 3.05) is 19.8 Å². The maximum Gasteiger partial charge on any atom is 0.313 e. The largest absolute Gasteiger partial charge is 1.00 e. The Hall–Kier alpha value is -2.17. The van der Waals surface area contributed by atoms with Crippen LogP contribution in [-0.4, -0.2) is 36.0 Å². The third-order valence-corrected chi connectivity index (χ3v) is 5.06. The molecule has 0 aromatic heterocycles. The van der Waals surface area contributed by atoms with E-state index < -0.39 is 0 Å². The maximum absolute atomic E-state index is 11.8. The number of hydrogen-bond donors (Lipinski definition) is 0. The van der Waals surface area contributed by atoms with Gasteiger partial charge in [0.2, 0.25) is 5.69 Å². The fourth-order valence-corrected chi connectivity index (χ4v) is 3.32. The van der Waals surface area contributed by atoms with E-state index >= 15 is 0 Å². The summed E-state index contributed by atoms with van der Waals surface area (Å²) < 4.78 is 13.2. The topological polar surface area (TPSA) is 38.5 Å². The number of rotatable bonds is 7. The van der Waals surface area contributed by atoms with E-state index in [1.165, 1.54) is 17.0 Å². The molecule has 27 heavy (non-hydrogen) atoms. The zero-order valence-electron chi connectivity index (χ0n) is 16.1. The molecule has 0 amide bonds. The summed E-state index contributed by atoms with van der Waals surface area (Å²) in [5, 5.41) is 0. The minimum absolute atomic E-state index is 0. The lowest BCUT2D eigenvalue weighted by molar-refractivity contribution is -0.443. The smallest absolute Gasteiger partial charge is 0.313 e. The molecule has 0 radical (unpaired) electrons. The molecule has 1 aliphatic heterocycles. The van der Waals surface area contributed by atoms with Crippen LogP contribution in [0, 0.1) is 0 Å². The lowest BCUT2D eigenvalue weighted by Crippen LogP contribution is -3.00. The minimum atomic E-state index is -0.272. The van der Waals surface area contributed by atoms with Crippen LogP contribution in [0.25, 0.3) is 0 Å². The van der Waals surface area contributed by atoms with E-state index in [0.717, 1.165) is 6.54 Å². The number of carbonyl (C=O) groups excluding carboxylic acids is 1. The standard InChI is InChI=1S/C22H26NO3.ClH/c1-17-22(2,3)19-11-7-8-12-20(19)23(17)14-16-25-15-13-21(24)26-18-9-5-4-6-10-18;/h4-12H,13-16H2,1-3H3;1H/q+1;/p-1. The molecule has 5 heteroatoms. The molecule has 0 saturated carbocycles. The van der Waals surface area contributed by atoms with Crippen molar-refractivity contribution in [3.8, 4) is 5.75 Å². The first-order chi connectivity index (χ1) is 12.5. The Bertz CT molecular complexity index is 815. The number of carbonyl (C=O) groups is 1. The van der Waals surface area contributed by atoms with Gasteiger partial charge in [-0.15, -0.1) is 0 Å². The molecule has 1 aliphatic rings. The summed E-state index contributed by atoms with van der Waals surface area (Å²) in [5.41, 5.74) is 3.97. The van der Waals surface area contributed by atoms with Crippen LogP contribution in [0.4, 0.5) is 5.69 Å². The predicted octanol–water partition coefficient (Wildman–Crippen LogP) is 1.10. The molecular weight excluding hydrogens is 362 g/mol. The van der Waals surface area contributed by atoms with Gasteiger partial charge < -0.3 is 21.9 Å². The van der Waals surface area contributed by atoms with Crippen molar-refractivity contribution in [3.05, 3.63) is 60.2 Å². The fourth-order valence-electron chi connectivity index (χ4n) is 3.32. The molecule has 0 fully saturated rings. The number of hydrogen-bond acceptors (Lipinski definition) is 3. The van der Waals surface area contributed by atoms with Crippen LogP contribution >= 0.6 is 0 Å². The number of esters is 1. The summed E-state index contributed by atoms with van der Waals surface area (Å²) in [6.45, 7) is 8.39. The van der Waals surface area contributed by atoms with Gasteiger partial charge in [0.15, 0.2) is 12.3 Å². The van der Waals surface area contributed by atoms with Gasteiger partial charge in [-0.1, -0.05) is 36.4 Å². The van der Waals surface area contributed by atoms with E-state index in [0.29, 0.717) is 19.0 Å². The van der Waals surface area contributed by atoms with Gasteiger partial charge in [-0.25, -0.2) is 0 Å². The highest BCUT2D eigenvalue weighted by Gasteiger charge is 2.42. The molecule has 3 rings (SSSR count). The molecular formula is C22H26ClNO3. The van der Waals surface area contributed by atoms with Gasteiger partial charge in [-0.05, 0) is 26.0 Å². The van der Waals surface area contributed by atoms with E-state index in [1.54, 1.807) is 12.1 Å². The fraction of sp³-hybridized carbons (Fsp3) is 0.364. The number of ether oxygens (including phenoxy) is 2. The van der Waals surface area contributed by atoms with Crippen molar-refractivity contribution >= 4 is 17.4 Å². The second kappa shape index (κ2) is 9.16. The Morgan fingerprint density at radius 1 is 1.00 bits per heavy atom. The monoisotopic (exact) mass is 387 g/mol. The second-order valence-corrected chi connectivity index (χ2v) is 7.03.